The van der Waals surface area contributed by atoms with E-state index in [-0.39, 0.29) is 12.0 Å². The van der Waals surface area contributed by atoms with E-state index in [9.17, 15) is 9.90 Å². The Hall–Kier alpha value is -0.610. The Morgan fingerprint density at radius 3 is 2.88 bits per heavy atom. The number of rotatable bonds is 4. The second-order valence-corrected chi connectivity index (χ2v) is 5.00. The van der Waals surface area contributed by atoms with Gasteiger partial charge in [-0.15, -0.1) is 0 Å². The summed E-state index contributed by atoms with van der Waals surface area (Å²) in [6, 6.07) is 0. The summed E-state index contributed by atoms with van der Waals surface area (Å²) in [6.07, 6.45) is 4.62. The number of β-amino-alcohol motifs (C(OH)–C–C–N with tert-alkyl or cyclic N) is 1. The third-order valence-electron chi connectivity index (χ3n) is 3.69. The lowest BCUT2D eigenvalue weighted by molar-refractivity contribution is -0.156. The summed E-state index contributed by atoms with van der Waals surface area (Å²) >= 11 is 0. The fourth-order valence-corrected chi connectivity index (χ4v) is 2.38. The summed E-state index contributed by atoms with van der Waals surface area (Å²) < 4.78 is 5.48. The van der Waals surface area contributed by atoms with Gasteiger partial charge in [0.1, 0.15) is 0 Å². The fourth-order valence-electron chi connectivity index (χ4n) is 2.38. The summed E-state index contributed by atoms with van der Waals surface area (Å²) in [5, 5.41) is 9.80. The van der Waals surface area contributed by atoms with E-state index in [1.165, 1.54) is 0 Å². The van der Waals surface area contributed by atoms with E-state index in [2.05, 4.69) is 0 Å². The molecule has 16 heavy (non-hydrogen) atoms. The molecule has 0 aromatic carbocycles. The van der Waals surface area contributed by atoms with Crippen molar-refractivity contribution in [1.82, 2.24) is 4.90 Å². The molecule has 2 rings (SSSR count). The molecule has 2 heterocycles. The number of aliphatic hydroxyl groups is 1. The molecule has 92 valence electrons. The van der Waals surface area contributed by atoms with Crippen molar-refractivity contribution in [2.75, 3.05) is 19.7 Å². The zero-order chi connectivity index (χ0) is 11.6. The van der Waals surface area contributed by atoms with Crippen LogP contribution >= 0.6 is 0 Å². The second kappa shape index (κ2) is 4.72. The second-order valence-electron chi connectivity index (χ2n) is 5.00. The number of hydrogen-bond acceptors (Lipinski definition) is 3. The topological polar surface area (TPSA) is 49.8 Å². The van der Waals surface area contributed by atoms with E-state index in [4.69, 9.17) is 4.74 Å². The van der Waals surface area contributed by atoms with Crippen LogP contribution in [0.5, 0.6) is 0 Å². The molecule has 0 saturated carbocycles. The number of hydrogen-bond donors (Lipinski definition) is 1. The van der Waals surface area contributed by atoms with Gasteiger partial charge < -0.3 is 14.7 Å². The Labute approximate surface area is 96.6 Å². The molecule has 0 aromatic heterocycles. The molecule has 4 nitrogen and oxygen atoms in total. The van der Waals surface area contributed by atoms with Gasteiger partial charge in [-0.05, 0) is 25.7 Å². The van der Waals surface area contributed by atoms with Crippen molar-refractivity contribution in [3.05, 3.63) is 0 Å². The highest BCUT2D eigenvalue weighted by molar-refractivity contribution is 5.77. The molecule has 2 saturated heterocycles. The molecular formula is C12H21NO3. The van der Waals surface area contributed by atoms with Crippen molar-refractivity contribution in [1.29, 1.82) is 0 Å². The Morgan fingerprint density at radius 2 is 2.31 bits per heavy atom. The lowest BCUT2D eigenvalue weighted by Crippen LogP contribution is -2.63. The monoisotopic (exact) mass is 227 g/mol. The molecule has 0 radical (unpaired) electrons. The molecule has 1 atom stereocenters. The smallest absolute Gasteiger partial charge is 0.222 e. The van der Waals surface area contributed by atoms with E-state index in [1.807, 2.05) is 6.92 Å². The average Bonchev–Trinajstić information content (AvgIpc) is 2.74. The lowest BCUT2D eigenvalue weighted by Gasteiger charge is -2.46. The molecular weight excluding hydrogens is 206 g/mol. The first-order valence-corrected chi connectivity index (χ1v) is 6.25. The van der Waals surface area contributed by atoms with Gasteiger partial charge >= 0.3 is 0 Å². The summed E-state index contributed by atoms with van der Waals surface area (Å²) in [5.74, 6) is 0.161. The largest absolute Gasteiger partial charge is 0.386 e. The average molecular weight is 227 g/mol. The van der Waals surface area contributed by atoms with Gasteiger partial charge in [-0.1, -0.05) is 6.92 Å². The van der Waals surface area contributed by atoms with Gasteiger partial charge in [0, 0.05) is 13.0 Å². The van der Waals surface area contributed by atoms with Crippen molar-refractivity contribution in [3.63, 3.8) is 0 Å². The van der Waals surface area contributed by atoms with Crippen LogP contribution in [0.1, 0.15) is 39.0 Å². The van der Waals surface area contributed by atoms with Gasteiger partial charge in [0.25, 0.3) is 0 Å². The summed E-state index contributed by atoms with van der Waals surface area (Å²) in [4.78, 5) is 13.5. The highest BCUT2D eigenvalue weighted by Gasteiger charge is 2.41. The highest BCUT2D eigenvalue weighted by atomic mass is 16.5. The van der Waals surface area contributed by atoms with Crippen molar-refractivity contribution in [2.45, 2.75) is 50.7 Å². The summed E-state index contributed by atoms with van der Waals surface area (Å²) in [5.41, 5.74) is -0.612. The summed E-state index contributed by atoms with van der Waals surface area (Å²) in [6.45, 7) is 3.81. The zero-order valence-electron chi connectivity index (χ0n) is 9.95. The third kappa shape index (κ3) is 2.55. The van der Waals surface area contributed by atoms with Crippen molar-refractivity contribution in [3.8, 4) is 0 Å². The van der Waals surface area contributed by atoms with Crippen LogP contribution in [0.15, 0.2) is 0 Å². The standard InChI is InChI=1S/C12H21NO3/c1-2-12(15)8-13(9-12)11(14)6-5-10-4-3-7-16-10/h10,15H,2-9H2,1H3. The third-order valence-corrected chi connectivity index (χ3v) is 3.69. The van der Waals surface area contributed by atoms with Gasteiger partial charge in [0.05, 0.1) is 24.8 Å². The lowest BCUT2D eigenvalue weighted by atomic mass is 9.91. The van der Waals surface area contributed by atoms with E-state index < -0.39 is 5.60 Å². The number of amides is 1. The summed E-state index contributed by atoms with van der Waals surface area (Å²) in [7, 11) is 0. The molecule has 2 aliphatic heterocycles. The molecule has 0 aliphatic carbocycles. The van der Waals surface area contributed by atoms with Crippen LogP contribution in [0.3, 0.4) is 0 Å². The molecule has 0 spiro atoms. The first-order chi connectivity index (χ1) is 7.63. The Balaban J connectivity index is 1.65. The minimum absolute atomic E-state index is 0.161. The minimum atomic E-state index is -0.612. The quantitative estimate of drug-likeness (QED) is 0.777. The van der Waals surface area contributed by atoms with Crippen molar-refractivity contribution < 1.29 is 14.6 Å². The maximum atomic E-state index is 11.7. The van der Waals surface area contributed by atoms with Gasteiger partial charge in [0.2, 0.25) is 5.91 Å². The van der Waals surface area contributed by atoms with Crippen molar-refractivity contribution >= 4 is 5.91 Å². The highest BCUT2D eigenvalue weighted by Crippen LogP contribution is 2.25. The van der Waals surface area contributed by atoms with Gasteiger partial charge in [0.15, 0.2) is 0 Å². The van der Waals surface area contributed by atoms with E-state index >= 15 is 0 Å². The SMILES string of the molecule is CCC1(O)CN(C(=O)CCC2CCCO2)C1. The number of ether oxygens (including phenoxy) is 1. The minimum Gasteiger partial charge on any atom is -0.386 e. The predicted molar refractivity (Wildman–Crippen MR) is 60.0 cm³/mol. The molecule has 1 amide bonds. The molecule has 1 N–H and O–H groups in total. The van der Waals surface area contributed by atoms with Gasteiger partial charge in [-0.25, -0.2) is 0 Å². The number of carbonyl (C=O) groups excluding carboxylic acids is 1. The maximum absolute atomic E-state index is 11.7. The van der Waals surface area contributed by atoms with E-state index in [1.54, 1.807) is 4.90 Å². The molecule has 0 aromatic rings. The van der Waals surface area contributed by atoms with E-state index in [0.29, 0.717) is 19.5 Å². The van der Waals surface area contributed by atoms with Crippen LogP contribution in [-0.2, 0) is 9.53 Å². The Morgan fingerprint density at radius 1 is 1.56 bits per heavy atom. The number of likely N-dealkylation sites (tertiary alicyclic amines) is 1. The van der Waals surface area contributed by atoms with Crippen LogP contribution in [0.4, 0.5) is 0 Å². The maximum Gasteiger partial charge on any atom is 0.222 e. The van der Waals surface area contributed by atoms with Crippen LogP contribution in [0.25, 0.3) is 0 Å². The predicted octanol–water partition coefficient (Wildman–Crippen LogP) is 0.929. The Bertz CT molecular complexity index is 255. The van der Waals surface area contributed by atoms with Crippen molar-refractivity contribution in [2.24, 2.45) is 0 Å². The zero-order valence-corrected chi connectivity index (χ0v) is 9.95. The number of carbonyl (C=O) groups is 1. The first kappa shape index (κ1) is 11.9. The molecule has 4 heteroatoms. The Kier molecular flexibility index (Phi) is 3.50. The molecule has 0 bridgehead atoms. The molecule has 1 unspecified atom stereocenters. The molecule has 2 aliphatic rings. The normalized spacial score (nSPS) is 27.9. The van der Waals surface area contributed by atoms with Gasteiger partial charge in [-0.2, -0.15) is 0 Å². The fraction of sp³-hybridized carbons (Fsp3) is 0.917. The van der Waals surface area contributed by atoms with Crippen LogP contribution < -0.4 is 0 Å². The van der Waals surface area contributed by atoms with Crippen LogP contribution in [0, 0.1) is 0 Å². The molecule has 2 fully saturated rings. The van der Waals surface area contributed by atoms with Crippen LogP contribution in [0.2, 0.25) is 0 Å². The van der Waals surface area contributed by atoms with Crippen LogP contribution in [-0.4, -0.2) is 47.3 Å². The number of nitrogens with zero attached hydrogens (tertiary/aromatic N) is 1. The first-order valence-electron chi connectivity index (χ1n) is 6.25. The van der Waals surface area contributed by atoms with Gasteiger partial charge in [-0.3, -0.25) is 4.79 Å². The van der Waals surface area contributed by atoms with E-state index in [0.717, 1.165) is 32.3 Å².